The van der Waals surface area contributed by atoms with Crippen LogP contribution in [0, 0.1) is 0 Å². The fourth-order valence-corrected chi connectivity index (χ4v) is 4.41. The highest BCUT2D eigenvalue weighted by Crippen LogP contribution is 2.47. The summed E-state index contributed by atoms with van der Waals surface area (Å²) in [5.41, 5.74) is 2.43. The summed E-state index contributed by atoms with van der Waals surface area (Å²) in [6.45, 7) is 10.7. The number of carbonyl (C=O) groups is 1. The number of fused-ring (bicyclic) bond motifs is 1. The molecule has 2 aromatic carbocycles. The van der Waals surface area contributed by atoms with Crippen LogP contribution in [-0.2, 0) is 32.0 Å². The fourth-order valence-electron chi connectivity index (χ4n) is 4.41. The molecule has 0 N–H and O–H groups in total. The highest BCUT2D eigenvalue weighted by atomic mass is 16.7. The third kappa shape index (κ3) is 5.40. The van der Waals surface area contributed by atoms with Crippen molar-refractivity contribution < 1.29 is 23.7 Å². The Morgan fingerprint density at radius 2 is 1.82 bits per heavy atom. The number of benzene rings is 2. The van der Waals surface area contributed by atoms with E-state index in [0.717, 1.165) is 23.3 Å². The number of rotatable bonds is 8. The summed E-state index contributed by atoms with van der Waals surface area (Å²) in [6, 6.07) is 16.2. The summed E-state index contributed by atoms with van der Waals surface area (Å²) >= 11 is 0. The molecule has 178 valence electrons. The molecular weight excluding hydrogens is 418 g/mol. The van der Waals surface area contributed by atoms with Gasteiger partial charge in [0.05, 0.1) is 6.04 Å². The minimum atomic E-state index is -0.518. The van der Waals surface area contributed by atoms with Gasteiger partial charge in [0.2, 0.25) is 0 Å². The highest BCUT2D eigenvalue weighted by Gasteiger charge is 2.55. The van der Waals surface area contributed by atoms with Crippen LogP contribution in [0.5, 0.6) is 5.75 Å². The monoisotopic (exact) mass is 453 g/mol. The number of carbonyl (C=O) groups excluding carboxylic acids is 1. The smallest absolute Gasteiger partial charge is 0.325 e. The van der Waals surface area contributed by atoms with Crippen LogP contribution in [0.25, 0.3) is 0 Å². The molecular formula is C27H35NO5. The third-order valence-corrected chi connectivity index (χ3v) is 6.20. The molecule has 2 aromatic rings. The van der Waals surface area contributed by atoms with E-state index >= 15 is 0 Å². The van der Waals surface area contributed by atoms with Crippen molar-refractivity contribution in [3.8, 4) is 5.75 Å². The Balaban J connectivity index is 1.53. The van der Waals surface area contributed by atoms with Crippen LogP contribution in [0.2, 0.25) is 0 Å². The maximum absolute atomic E-state index is 13.0. The van der Waals surface area contributed by atoms with E-state index in [-0.39, 0.29) is 30.9 Å². The van der Waals surface area contributed by atoms with Gasteiger partial charge in [0, 0.05) is 20.1 Å². The molecule has 4 atom stereocenters. The van der Waals surface area contributed by atoms with Crippen molar-refractivity contribution in [1.82, 2.24) is 4.90 Å². The molecule has 0 aliphatic carbocycles. The van der Waals surface area contributed by atoms with E-state index < -0.39 is 11.2 Å². The van der Waals surface area contributed by atoms with Crippen molar-refractivity contribution in [2.75, 3.05) is 13.9 Å². The molecule has 1 unspecified atom stereocenters. The Labute approximate surface area is 196 Å². The van der Waals surface area contributed by atoms with Gasteiger partial charge in [0.15, 0.2) is 0 Å². The van der Waals surface area contributed by atoms with Gasteiger partial charge in [0.1, 0.15) is 35.9 Å². The standard InChI is InChI=1S/C27H35NO5/c1-26(2,3)33-25(29)24-23(28(24)16-18-10-8-7-9-11-18)19-12-13-21-20(14-19)15-22(32-21)27(4,5)31-17-30-6/h7-14,22-24H,15-17H2,1-6H3/t22-,23+,24-,28?/m0/s1. The minimum absolute atomic E-state index is 0.0119. The second-order valence-electron chi connectivity index (χ2n) is 10.4. The van der Waals surface area contributed by atoms with Gasteiger partial charge < -0.3 is 18.9 Å². The van der Waals surface area contributed by atoms with Crippen molar-refractivity contribution in [3.05, 3.63) is 65.2 Å². The van der Waals surface area contributed by atoms with E-state index in [9.17, 15) is 4.79 Å². The average Bonchev–Trinajstić information content (AvgIpc) is 3.28. The first-order valence-electron chi connectivity index (χ1n) is 11.5. The molecule has 4 rings (SSSR count). The van der Waals surface area contributed by atoms with Crippen molar-refractivity contribution in [1.29, 1.82) is 0 Å². The Bertz CT molecular complexity index is 982. The van der Waals surface area contributed by atoms with Gasteiger partial charge in [-0.1, -0.05) is 42.5 Å². The zero-order chi connectivity index (χ0) is 23.8. The SMILES string of the molecule is COCOC(C)(C)[C@@H]1Cc2cc([C@@H]3[C@@H](C(=O)OC(C)(C)C)N3Cc3ccccc3)ccc2O1. The van der Waals surface area contributed by atoms with Crippen molar-refractivity contribution in [3.63, 3.8) is 0 Å². The fraction of sp³-hybridized carbons (Fsp3) is 0.519. The molecule has 0 bridgehead atoms. The lowest BCUT2D eigenvalue weighted by molar-refractivity contribution is -0.155. The van der Waals surface area contributed by atoms with Crippen LogP contribution in [-0.4, -0.2) is 48.1 Å². The Morgan fingerprint density at radius 3 is 2.48 bits per heavy atom. The summed E-state index contributed by atoms with van der Waals surface area (Å²) in [6.07, 6.45) is 0.654. The van der Waals surface area contributed by atoms with Gasteiger partial charge in [-0.15, -0.1) is 0 Å². The molecule has 0 saturated carbocycles. The second-order valence-corrected chi connectivity index (χ2v) is 10.4. The lowest BCUT2D eigenvalue weighted by atomic mass is 9.95. The Morgan fingerprint density at radius 1 is 1.09 bits per heavy atom. The molecule has 6 nitrogen and oxygen atoms in total. The first-order valence-corrected chi connectivity index (χ1v) is 11.5. The molecule has 6 heteroatoms. The third-order valence-electron chi connectivity index (χ3n) is 6.20. The summed E-state index contributed by atoms with van der Waals surface area (Å²) in [7, 11) is 1.62. The Hall–Kier alpha value is -2.41. The molecule has 2 heterocycles. The zero-order valence-electron chi connectivity index (χ0n) is 20.5. The van der Waals surface area contributed by atoms with Gasteiger partial charge >= 0.3 is 5.97 Å². The first-order chi connectivity index (χ1) is 15.6. The minimum Gasteiger partial charge on any atom is -0.487 e. The van der Waals surface area contributed by atoms with Gasteiger partial charge in [-0.3, -0.25) is 9.69 Å². The van der Waals surface area contributed by atoms with Crippen LogP contribution >= 0.6 is 0 Å². The van der Waals surface area contributed by atoms with E-state index in [4.69, 9.17) is 18.9 Å². The number of esters is 1. The largest absolute Gasteiger partial charge is 0.487 e. The summed E-state index contributed by atoms with van der Waals surface area (Å²) < 4.78 is 22.9. The molecule has 1 saturated heterocycles. The van der Waals surface area contributed by atoms with Gasteiger partial charge in [-0.25, -0.2) is 0 Å². The predicted molar refractivity (Wildman–Crippen MR) is 126 cm³/mol. The van der Waals surface area contributed by atoms with E-state index in [1.165, 1.54) is 5.56 Å². The van der Waals surface area contributed by atoms with Crippen LogP contribution in [0.1, 0.15) is 57.4 Å². The van der Waals surface area contributed by atoms with E-state index in [2.05, 4.69) is 29.2 Å². The molecule has 0 amide bonds. The second kappa shape index (κ2) is 9.09. The summed E-state index contributed by atoms with van der Waals surface area (Å²) in [4.78, 5) is 15.2. The number of hydrogen-bond acceptors (Lipinski definition) is 6. The number of methoxy groups -OCH3 is 1. The van der Waals surface area contributed by atoms with Gasteiger partial charge in [0.25, 0.3) is 0 Å². The summed E-state index contributed by atoms with van der Waals surface area (Å²) in [5.74, 6) is 0.703. The molecule has 2 aliphatic rings. The van der Waals surface area contributed by atoms with E-state index in [1.54, 1.807) is 7.11 Å². The van der Waals surface area contributed by atoms with Crippen molar-refractivity contribution >= 4 is 5.97 Å². The molecule has 33 heavy (non-hydrogen) atoms. The quantitative estimate of drug-likeness (QED) is 0.329. The molecule has 0 spiro atoms. The van der Waals surface area contributed by atoms with Crippen LogP contribution in [0.15, 0.2) is 48.5 Å². The lowest BCUT2D eigenvalue weighted by Gasteiger charge is -2.30. The summed E-state index contributed by atoms with van der Waals surface area (Å²) in [5, 5.41) is 0. The molecule has 0 aromatic heterocycles. The van der Waals surface area contributed by atoms with Crippen molar-refractivity contribution in [2.45, 2.75) is 77.0 Å². The molecule has 0 radical (unpaired) electrons. The van der Waals surface area contributed by atoms with E-state index in [1.807, 2.05) is 58.9 Å². The maximum atomic E-state index is 13.0. The molecule has 2 aliphatic heterocycles. The van der Waals surface area contributed by atoms with Crippen LogP contribution in [0.4, 0.5) is 0 Å². The normalized spacial score (nSPS) is 24.2. The van der Waals surface area contributed by atoms with Crippen LogP contribution < -0.4 is 4.74 Å². The van der Waals surface area contributed by atoms with Crippen molar-refractivity contribution in [2.24, 2.45) is 0 Å². The number of ether oxygens (including phenoxy) is 4. The zero-order valence-corrected chi connectivity index (χ0v) is 20.5. The highest BCUT2D eigenvalue weighted by molar-refractivity contribution is 5.81. The van der Waals surface area contributed by atoms with Gasteiger partial charge in [-0.05, 0) is 57.4 Å². The van der Waals surface area contributed by atoms with Crippen LogP contribution in [0.3, 0.4) is 0 Å². The average molecular weight is 454 g/mol. The Kier molecular flexibility index (Phi) is 6.54. The number of nitrogens with zero attached hydrogens (tertiary/aromatic N) is 1. The molecule has 1 fully saturated rings. The predicted octanol–water partition coefficient (Wildman–Crippen LogP) is 4.66. The van der Waals surface area contributed by atoms with E-state index in [0.29, 0.717) is 6.54 Å². The lowest BCUT2D eigenvalue weighted by Crippen LogP contribution is -2.42. The maximum Gasteiger partial charge on any atom is 0.325 e. The van der Waals surface area contributed by atoms with Gasteiger partial charge in [-0.2, -0.15) is 0 Å². The topological polar surface area (TPSA) is 57.0 Å². The number of hydrogen-bond donors (Lipinski definition) is 0. The first kappa shape index (κ1) is 23.7.